The molecular formula is C33H35N3O4S. The van der Waals surface area contributed by atoms with Gasteiger partial charge in [0.25, 0.3) is 5.91 Å². The van der Waals surface area contributed by atoms with E-state index in [9.17, 15) is 13.2 Å². The van der Waals surface area contributed by atoms with Gasteiger partial charge in [0.05, 0.1) is 10.9 Å². The molecule has 0 atom stereocenters. The monoisotopic (exact) mass is 569 g/mol. The second-order valence-corrected chi connectivity index (χ2v) is 11.9. The number of aryl methyl sites for hydroxylation is 1. The molecule has 7 nitrogen and oxygen atoms in total. The van der Waals surface area contributed by atoms with Crippen LogP contribution in [0.4, 0.5) is 0 Å². The van der Waals surface area contributed by atoms with Crippen molar-refractivity contribution in [3.05, 3.63) is 131 Å². The van der Waals surface area contributed by atoms with E-state index in [0.29, 0.717) is 24.4 Å². The van der Waals surface area contributed by atoms with Gasteiger partial charge in [-0.3, -0.25) is 9.69 Å². The number of hydrogen-bond donors (Lipinski definition) is 1. The highest BCUT2D eigenvalue weighted by molar-refractivity contribution is 7.89. The second-order valence-electron chi connectivity index (χ2n) is 10.2. The molecule has 0 aliphatic carbocycles. The van der Waals surface area contributed by atoms with Gasteiger partial charge in [-0.2, -0.15) is 0 Å². The minimum atomic E-state index is -3.68. The maximum Gasteiger partial charge on any atom is 0.260 e. The van der Waals surface area contributed by atoms with Crippen LogP contribution in [0.15, 0.2) is 114 Å². The number of rotatable bonds is 10. The number of ether oxygens (including phenoxy) is 1. The number of nitrogens with zero attached hydrogens (tertiary/aromatic N) is 2. The summed E-state index contributed by atoms with van der Waals surface area (Å²) in [5.74, 6) is 0.411. The number of nitrogens with one attached hydrogen (secondary N) is 1. The predicted molar refractivity (Wildman–Crippen MR) is 160 cm³/mol. The summed E-state index contributed by atoms with van der Waals surface area (Å²) < 4.78 is 34.0. The van der Waals surface area contributed by atoms with Gasteiger partial charge in [-0.1, -0.05) is 91.0 Å². The maximum absolute atomic E-state index is 13.0. The normalized spacial score (nSPS) is 14.2. The van der Waals surface area contributed by atoms with E-state index in [0.717, 1.165) is 18.7 Å². The zero-order valence-electron chi connectivity index (χ0n) is 23.1. The molecule has 1 fully saturated rings. The number of piperazine rings is 1. The number of carbonyl (C=O) groups is 1. The molecule has 1 aliphatic heterocycles. The molecule has 0 spiro atoms. The van der Waals surface area contributed by atoms with E-state index in [4.69, 9.17) is 4.74 Å². The standard InChI is InChI=1S/C33H35N3O4S/c1-26-23-30(41(38,39)34-24-27-11-5-2-6-12-27)17-18-31(26)40-25-32(37)35-19-21-36(22-20-35)33(28-13-7-3-8-14-28)29-15-9-4-10-16-29/h2-18,23,33-34H,19-22,24-25H2,1H3. The van der Waals surface area contributed by atoms with Gasteiger partial charge in [-0.25, -0.2) is 13.1 Å². The van der Waals surface area contributed by atoms with Crippen molar-refractivity contribution in [1.29, 1.82) is 0 Å². The van der Waals surface area contributed by atoms with Gasteiger partial charge in [0, 0.05) is 32.7 Å². The van der Waals surface area contributed by atoms with Crippen LogP contribution in [0, 0.1) is 6.92 Å². The highest BCUT2D eigenvalue weighted by atomic mass is 32.2. The lowest BCUT2D eigenvalue weighted by Gasteiger charge is -2.39. The van der Waals surface area contributed by atoms with E-state index in [1.807, 2.05) is 47.4 Å². The Labute approximate surface area is 242 Å². The molecular weight excluding hydrogens is 534 g/mol. The smallest absolute Gasteiger partial charge is 0.260 e. The predicted octanol–water partition coefficient (Wildman–Crippen LogP) is 4.79. The first-order valence-corrected chi connectivity index (χ1v) is 15.3. The van der Waals surface area contributed by atoms with E-state index in [1.165, 1.54) is 17.2 Å². The molecule has 1 N–H and O–H groups in total. The van der Waals surface area contributed by atoms with Crippen LogP contribution in [0.3, 0.4) is 0 Å². The van der Waals surface area contributed by atoms with Gasteiger partial charge in [-0.05, 0) is 47.4 Å². The van der Waals surface area contributed by atoms with Gasteiger partial charge in [0.2, 0.25) is 10.0 Å². The first kappa shape index (κ1) is 28.5. The number of carbonyl (C=O) groups excluding carboxylic acids is 1. The van der Waals surface area contributed by atoms with Crippen molar-refractivity contribution in [1.82, 2.24) is 14.5 Å². The summed E-state index contributed by atoms with van der Waals surface area (Å²) in [5.41, 5.74) is 4.00. The van der Waals surface area contributed by atoms with Crippen LogP contribution in [-0.2, 0) is 21.4 Å². The van der Waals surface area contributed by atoms with Crippen molar-refractivity contribution in [2.24, 2.45) is 0 Å². The Balaban J connectivity index is 1.16. The Morgan fingerprint density at radius 2 is 1.37 bits per heavy atom. The Morgan fingerprint density at radius 1 is 0.805 bits per heavy atom. The molecule has 212 valence electrons. The summed E-state index contributed by atoms with van der Waals surface area (Å²) in [6.07, 6.45) is 0. The summed E-state index contributed by atoms with van der Waals surface area (Å²) in [4.78, 5) is 17.4. The van der Waals surface area contributed by atoms with Crippen LogP contribution in [0.25, 0.3) is 0 Å². The quantitative estimate of drug-likeness (QED) is 0.297. The van der Waals surface area contributed by atoms with Crippen LogP contribution in [0.1, 0.15) is 28.3 Å². The molecule has 41 heavy (non-hydrogen) atoms. The van der Waals surface area contributed by atoms with E-state index in [-0.39, 0.29) is 30.0 Å². The van der Waals surface area contributed by atoms with Crippen LogP contribution in [0.2, 0.25) is 0 Å². The van der Waals surface area contributed by atoms with E-state index < -0.39 is 10.0 Å². The van der Waals surface area contributed by atoms with Crippen molar-refractivity contribution in [2.75, 3.05) is 32.8 Å². The zero-order chi connectivity index (χ0) is 28.7. The molecule has 0 saturated carbocycles. The van der Waals surface area contributed by atoms with E-state index in [2.05, 4.69) is 58.2 Å². The van der Waals surface area contributed by atoms with Gasteiger partial charge >= 0.3 is 0 Å². The molecule has 4 aromatic rings. The Kier molecular flexibility index (Phi) is 9.14. The largest absolute Gasteiger partial charge is 0.483 e. The Hall–Kier alpha value is -3.98. The van der Waals surface area contributed by atoms with Crippen LogP contribution in [0.5, 0.6) is 5.75 Å². The molecule has 0 bridgehead atoms. The van der Waals surface area contributed by atoms with Crippen LogP contribution < -0.4 is 9.46 Å². The number of sulfonamides is 1. The first-order chi connectivity index (χ1) is 19.9. The third-order valence-electron chi connectivity index (χ3n) is 7.38. The van der Waals surface area contributed by atoms with Gasteiger partial charge in [0.1, 0.15) is 5.75 Å². The van der Waals surface area contributed by atoms with Crippen molar-refractivity contribution in [2.45, 2.75) is 24.4 Å². The third-order valence-corrected chi connectivity index (χ3v) is 8.78. The summed E-state index contributed by atoms with van der Waals surface area (Å²) in [6, 6.07) is 35.1. The molecule has 1 aliphatic rings. The minimum Gasteiger partial charge on any atom is -0.483 e. The fraction of sp³-hybridized carbons (Fsp3) is 0.242. The van der Waals surface area contributed by atoms with E-state index >= 15 is 0 Å². The lowest BCUT2D eigenvalue weighted by atomic mass is 9.96. The first-order valence-electron chi connectivity index (χ1n) is 13.8. The minimum absolute atomic E-state index is 0.0822. The molecule has 1 amide bonds. The molecule has 0 aromatic heterocycles. The fourth-order valence-electron chi connectivity index (χ4n) is 5.15. The molecule has 0 unspecified atom stereocenters. The lowest BCUT2D eigenvalue weighted by Crippen LogP contribution is -2.51. The molecule has 8 heteroatoms. The third kappa shape index (κ3) is 7.21. The van der Waals surface area contributed by atoms with Crippen molar-refractivity contribution < 1.29 is 17.9 Å². The van der Waals surface area contributed by atoms with E-state index in [1.54, 1.807) is 19.1 Å². The average Bonchev–Trinajstić information content (AvgIpc) is 3.01. The van der Waals surface area contributed by atoms with Crippen LogP contribution >= 0.6 is 0 Å². The summed E-state index contributed by atoms with van der Waals surface area (Å²) in [7, 11) is -3.68. The number of hydrogen-bond acceptors (Lipinski definition) is 5. The fourth-order valence-corrected chi connectivity index (χ4v) is 6.26. The second kappa shape index (κ2) is 13.1. The highest BCUT2D eigenvalue weighted by Gasteiger charge is 2.28. The van der Waals surface area contributed by atoms with Gasteiger partial charge in [0.15, 0.2) is 6.61 Å². The highest BCUT2D eigenvalue weighted by Crippen LogP contribution is 2.29. The van der Waals surface area contributed by atoms with Gasteiger partial charge < -0.3 is 9.64 Å². The van der Waals surface area contributed by atoms with Crippen molar-refractivity contribution in [3.8, 4) is 5.75 Å². The van der Waals surface area contributed by atoms with Crippen molar-refractivity contribution in [3.63, 3.8) is 0 Å². The topological polar surface area (TPSA) is 78.9 Å². The maximum atomic E-state index is 13.0. The molecule has 0 radical (unpaired) electrons. The van der Waals surface area contributed by atoms with Gasteiger partial charge in [-0.15, -0.1) is 0 Å². The molecule has 4 aromatic carbocycles. The van der Waals surface area contributed by atoms with Crippen molar-refractivity contribution >= 4 is 15.9 Å². The average molecular weight is 570 g/mol. The summed E-state index contributed by atoms with van der Waals surface area (Å²) in [6.45, 7) is 4.62. The molecule has 1 heterocycles. The lowest BCUT2D eigenvalue weighted by molar-refractivity contribution is -0.135. The summed E-state index contributed by atoms with van der Waals surface area (Å²) >= 11 is 0. The summed E-state index contributed by atoms with van der Waals surface area (Å²) in [5, 5.41) is 0. The molecule has 5 rings (SSSR count). The SMILES string of the molecule is Cc1cc(S(=O)(=O)NCc2ccccc2)ccc1OCC(=O)N1CCN(C(c2ccccc2)c2ccccc2)CC1. The zero-order valence-corrected chi connectivity index (χ0v) is 24.0. The van der Waals surface area contributed by atoms with Crippen LogP contribution in [-0.4, -0.2) is 56.9 Å². The number of amides is 1. The number of benzene rings is 4. The Bertz CT molecular complexity index is 1500. The molecule has 1 saturated heterocycles. The Morgan fingerprint density at radius 3 is 1.93 bits per heavy atom.